The van der Waals surface area contributed by atoms with Crippen LogP contribution >= 0.6 is 11.6 Å². The maximum Gasteiger partial charge on any atom is 0.417 e. The van der Waals surface area contributed by atoms with Crippen molar-refractivity contribution in [2.75, 3.05) is 0 Å². The van der Waals surface area contributed by atoms with E-state index in [-0.39, 0.29) is 5.56 Å². The van der Waals surface area contributed by atoms with E-state index in [0.29, 0.717) is 6.07 Å². The molecule has 2 rings (SSSR count). The first kappa shape index (κ1) is 18.6. The Balaban J connectivity index is 2.28. The predicted molar refractivity (Wildman–Crippen MR) is 76.8 cm³/mol. The van der Waals surface area contributed by atoms with Crippen LogP contribution in [0.25, 0.3) is 0 Å². The van der Waals surface area contributed by atoms with Gasteiger partial charge in [-0.15, -0.1) is 0 Å². The van der Waals surface area contributed by atoms with Gasteiger partial charge in [-0.3, -0.25) is 0 Å². The van der Waals surface area contributed by atoms with Crippen LogP contribution in [0, 0.1) is 11.6 Å². The molecule has 0 saturated carbocycles. The molecule has 0 amide bonds. The molecule has 10 heteroatoms. The molecule has 0 aliphatic carbocycles. The van der Waals surface area contributed by atoms with Crippen molar-refractivity contribution in [1.82, 2.24) is 4.72 Å². The molecular weight excluding hydrogens is 377 g/mol. The summed E-state index contributed by atoms with van der Waals surface area (Å²) in [5, 5.41) is -0.547. The summed E-state index contributed by atoms with van der Waals surface area (Å²) in [5.41, 5.74) is -1.22. The van der Waals surface area contributed by atoms with Gasteiger partial charge in [0.25, 0.3) is 0 Å². The number of nitrogens with one attached hydrogen (secondary N) is 1. The van der Waals surface area contributed by atoms with E-state index in [1.807, 2.05) is 4.72 Å². The highest BCUT2D eigenvalue weighted by molar-refractivity contribution is 7.89. The van der Waals surface area contributed by atoms with Gasteiger partial charge in [-0.1, -0.05) is 23.7 Å². The Morgan fingerprint density at radius 2 is 1.62 bits per heavy atom. The molecule has 1 N–H and O–H groups in total. The van der Waals surface area contributed by atoms with Crippen molar-refractivity contribution in [1.29, 1.82) is 0 Å². The molecule has 2 aromatic rings. The van der Waals surface area contributed by atoms with Gasteiger partial charge in [0, 0.05) is 6.54 Å². The summed E-state index contributed by atoms with van der Waals surface area (Å²) in [4.78, 5) is -1.20. The molecule has 0 atom stereocenters. The zero-order valence-corrected chi connectivity index (χ0v) is 13.2. The lowest BCUT2D eigenvalue weighted by Gasteiger charge is -2.12. The highest BCUT2D eigenvalue weighted by atomic mass is 35.5. The Bertz CT molecular complexity index is 848. The molecule has 0 fully saturated rings. The summed E-state index contributed by atoms with van der Waals surface area (Å²) in [6, 6.07) is 5.26. The fraction of sp³-hybridized carbons (Fsp3) is 0.143. The number of halogens is 6. The van der Waals surface area contributed by atoms with Crippen LogP contribution in [0.2, 0.25) is 5.02 Å². The first-order valence-corrected chi connectivity index (χ1v) is 8.18. The summed E-state index contributed by atoms with van der Waals surface area (Å²) in [6.45, 7) is -0.601. The predicted octanol–water partition coefficient (Wildman–Crippen LogP) is 4.12. The molecule has 0 aliphatic heterocycles. The fourth-order valence-corrected chi connectivity index (χ4v) is 3.26. The zero-order chi connectivity index (χ0) is 18.1. The lowest BCUT2D eigenvalue weighted by molar-refractivity contribution is -0.137. The Kier molecular flexibility index (Phi) is 5.17. The second kappa shape index (κ2) is 6.66. The molecule has 24 heavy (non-hydrogen) atoms. The number of rotatable bonds is 4. The molecule has 0 heterocycles. The van der Waals surface area contributed by atoms with Crippen LogP contribution in [-0.4, -0.2) is 8.42 Å². The fourth-order valence-electron chi connectivity index (χ4n) is 1.89. The lowest BCUT2D eigenvalue weighted by Crippen LogP contribution is -2.25. The minimum Gasteiger partial charge on any atom is -0.207 e. The van der Waals surface area contributed by atoms with Crippen molar-refractivity contribution in [3.8, 4) is 0 Å². The van der Waals surface area contributed by atoms with Crippen molar-refractivity contribution in [3.05, 3.63) is 64.2 Å². The number of benzene rings is 2. The maximum atomic E-state index is 13.5. The number of hydrogen-bond acceptors (Lipinski definition) is 2. The summed E-state index contributed by atoms with van der Waals surface area (Å²) >= 11 is 5.45. The van der Waals surface area contributed by atoms with Crippen molar-refractivity contribution < 1.29 is 30.4 Å². The minimum atomic E-state index is -4.72. The molecular formula is C14H9ClF5NO2S. The Hall–Kier alpha value is -1.71. The SMILES string of the molecule is O=S(=O)(NCc1ccc(Cl)c(C(F)(F)F)c1)c1c(F)cccc1F. The average molecular weight is 386 g/mol. The van der Waals surface area contributed by atoms with E-state index in [2.05, 4.69) is 0 Å². The third-order valence-corrected chi connectivity index (χ3v) is 4.77. The maximum absolute atomic E-state index is 13.5. The third kappa shape index (κ3) is 4.03. The van der Waals surface area contributed by atoms with E-state index < -0.39 is 49.9 Å². The van der Waals surface area contributed by atoms with Crippen LogP contribution in [0.15, 0.2) is 41.3 Å². The van der Waals surface area contributed by atoms with Gasteiger partial charge in [0.2, 0.25) is 10.0 Å². The standard InChI is InChI=1S/C14H9ClF5NO2S/c15-10-5-4-8(6-9(10)14(18,19)20)7-21-24(22,23)13-11(16)2-1-3-12(13)17/h1-6,21H,7H2. The first-order valence-electron chi connectivity index (χ1n) is 6.31. The third-order valence-electron chi connectivity index (χ3n) is 2.99. The van der Waals surface area contributed by atoms with E-state index in [9.17, 15) is 30.4 Å². The zero-order valence-electron chi connectivity index (χ0n) is 11.7. The molecule has 3 nitrogen and oxygen atoms in total. The summed E-state index contributed by atoms with van der Waals surface area (Å²) < 4.78 is 91.1. The Morgan fingerprint density at radius 1 is 1.04 bits per heavy atom. The molecule has 0 spiro atoms. The minimum absolute atomic E-state index is 0.0768. The van der Waals surface area contributed by atoms with Gasteiger partial charge in [-0.2, -0.15) is 13.2 Å². The number of sulfonamides is 1. The van der Waals surface area contributed by atoms with Crippen LogP contribution in [-0.2, 0) is 22.7 Å². The molecule has 0 radical (unpaired) electrons. The topological polar surface area (TPSA) is 46.2 Å². The van der Waals surface area contributed by atoms with Gasteiger partial charge in [0.1, 0.15) is 11.6 Å². The molecule has 0 aliphatic rings. The van der Waals surface area contributed by atoms with Crippen LogP contribution in [0.5, 0.6) is 0 Å². The number of hydrogen-bond donors (Lipinski definition) is 1. The molecule has 0 unspecified atom stereocenters. The Labute approximate surface area is 139 Å². The normalized spacial score (nSPS) is 12.4. The van der Waals surface area contributed by atoms with E-state index in [1.54, 1.807) is 0 Å². The van der Waals surface area contributed by atoms with Gasteiger partial charge in [0.05, 0.1) is 10.6 Å². The highest BCUT2D eigenvalue weighted by Gasteiger charge is 2.33. The van der Waals surface area contributed by atoms with Crippen LogP contribution in [0.1, 0.15) is 11.1 Å². The number of alkyl halides is 3. The largest absolute Gasteiger partial charge is 0.417 e. The highest BCUT2D eigenvalue weighted by Crippen LogP contribution is 2.35. The van der Waals surface area contributed by atoms with Crippen molar-refractivity contribution in [3.63, 3.8) is 0 Å². The average Bonchev–Trinajstić information content (AvgIpc) is 2.44. The molecule has 0 bridgehead atoms. The van der Waals surface area contributed by atoms with E-state index in [1.165, 1.54) is 0 Å². The second-order valence-electron chi connectivity index (χ2n) is 4.69. The smallest absolute Gasteiger partial charge is 0.207 e. The summed E-state index contributed by atoms with van der Waals surface area (Å²) in [5.74, 6) is -2.62. The second-order valence-corrected chi connectivity index (χ2v) is 6.80. The van der Waals surface area contributed by atoms with Crippen LogP contribution in [0.4, 0.5) is 22.0 Å². The molecule has 2 aromatic carbocycles. The van der Waals surface area contributed by atoms with Crippen molar-refractivity contribution in [2.24, 2.45) is 0 Å². The van der Waals surface area contributed by atoms with Crippen molar-refractivity contribution in [2.45, 2.75) is 17.6 Å². The first-order chi connectivity index (χ1) is 11.0. The quantitative estimate of drug-likeness (QED) is 0.805. The van der Waals surface area contributed by atoms with Crippen LogP contribution < -0.4 is 4.72 Å². The molecule has 0 saturated heterocycles. The summed E-state index contributed by atoms with van der Waals surface area (Å²) in [6.07, 6.45) is -4.72. The van der Waals surface area contributed by atoms with Gasteiger partial charge in [-0.25, -0.2) is 21.9 Å². The molecule has 130 valence electrons. The van der Waals surface area contributed by atoms with E-state index in [4.69, 9.17) is 11.6 Å². The van der Waals surface area contributed by atoms with E-state index >= 15 is 0 Å². The Morgan fingerprint density at radius 3 is 2.17 bits per heavy atom. The van der Waals surface area contributed by atoms with Gasteiger partial charge >= 0.3 is 6.18 Å². The van der Waals surface area contributed by atoms with Gasteiger partial charge in [-0.05, 0) is 29.8 Å². The summed E-state index contributed by atoms with van der Waals surface area (Å²) in [7, 11) is -4.59. The van der Waals surface area contributed by atoms with Gasteiger partial charge < -0.3 is 0 Å². The van der Waals surface area contributed by atoms with Crippen LogP contribution in [0.3, 0.4) is 0 Å². The van der Waals surface area contributed by atoms with E-state index in [0.717, 1.165) is 30.3 Å². The monoisotopic (exact) mass is 385 g/mol. The molecule has 0 aromatic heterocycles. The van der Waals surface area contributed by atoms with Crippen molar-refractivity contribution >= 4 is 21.6 Å². The lowest BCUT2D eigenvalue weighted by atomic mass is 10.1. The van der Waals surface area contributed by atoms with Gasteiger partial charge in [0.15, 0.2) is 4.90 Å².